The summed E-state index contributed by atoms with van der Waals surface area (Å²) >= 11 is 3.63. The molecule has 0 atom stereocenters. The number of benzene rings is 1. The van der Waals surface area contributed by atoms with Crippen LogP contribution in [-0.4, -0.2) is 10.7 Å². The molecule has 18 heavy (non-hydrogen) atoms. The molecule has 0 unspecified atom stereocenters. The molecule has 0 saturated carbocycles. The highest BCUT2D eigenvalue weighted by Crippen LogP contribution is 2.31. The quantitative estimate of drug-likeness (QED) is 0.443. The number of unbranched alkanes of at least 4 members (excludes halogenated alkanes) is 4. The van der Waals surface area contributed by atoms with E-state index >= 15 is 0 Å². The van der Waals surface area contributed by atoms with E-state index in [0.717, 1.165) is 11.2 Å². The van der Waals surface area contributed by atoms with Crippen LogP contribution in [0, 0.1) is 0 Å². The Kier molecular flexibility index (Phi) is 5.32. The third-order valence-electron chi connectivity index (χ3n) is 2.87. The summed E-state index contributed by atoms with van der Waals surface area (Å²) in [5, 5.41) is 0. The lowest BCUT2D eigenvalue weighted by Crippen LogP contribution is -1.82. The first kappa shape index (κ1) is 13.7. The van der Waals surface area contributed by atoms with Crippen LogP contribution >= 0.6 is 23.1 Å². The van der Waals surface area contributed by atoms with Crippen molar-refractivity contribution in [1.29, 1.82) is 0 Å². The second kappa shape index (κ2) is 7.00. The van der Waals surface area contributed by atoms with Crippen molar-refractivity contribution < 1.29 is 0 Å². The molecule has 0 bridgehead atoms. The fraction of sp³-hybridized carbons (Fsp3) is 0.500. The number of hydrogen-bond donors (Lipinski definition) is 1. The molecule has 0 spiro atoms. The molecular formula is C14H20N2S2. The van der Waals surface area contributed by atoms with E-state index in [2.05, 4.69) is 11.9 Å². The van der Waals surface area contributed by atoms with Gasteiger partial charge in [-0.2, -0.15) is 0 Å². The van der Waals surface area contributed by atoms with Gasteiger partial charge in [0.15, 0.2) is 4.34 Å². The lowest BCUT2D eigenvalue weighted by molar-refractivity contribution is 0.659. The topological polar surface area (TPSA) is 38.9 Å². The summed E-state index contributed by atoms with van der Waals surface area (Å²) in [7, 11) is 0. The highest BCUT2D eigenvalue weighted by molar-refractivity contribution is 8.01. The summed E-state index contributed by atoms with van der Waals surface area (Å²) in [5.74, 6) is 1.18. The molecule has 2 rings (SSSR count). The van der Waals surface area contributed by atoms with Crippen LogP contribution in [0.15, 0.2) is 22.5 Å². The van der Waals surface area contributed by atoms with Crippen LogP contribution in [0.1, 0.15) is 39.0 Å². The Hall–Kier alpha value is -0.740. The Labute approximate surface area is 117 Å². The first-order valence-electron chi connectivity index (χ1n) is 6.58. The van der Waals surface area contributed by atoms with E-state index in [-0.39, 0.29) is 0 Å². The highest BCUT2D eigenvalue weighted by atomic mass is 32.2. The molecule has 0 amide bonds. The summed E-state index contributed by atoms with van der Waals surface area (Å²) in [6, 6.07) is 5.94. The second-order valence-corrected chi connectivity index (χ2v) is 6.84. The number of nitrogens with zero attached hydrogens (tertiary/aromatic N) is 1. The van der Waals surface area contributed by atoms with Gasteiger partial charge in [0.05, 0.1) is 10.2 Å². The van der Waals surface area contributed by atoms with Gasteiger partial charge in [0.25, 0.3) is 0 Å². The zero-order valence-electron chi connectivity index (χ0n) is 10.8. The standard InChI is InChI=1S/C14H20N2S2/c1-2-3-4-5-6-9-17-14-16-12-8-7-11(15)10-13(12)18-14/h7-8,10H,2-6,9,15H2,1H3. The molecule has 0 saturated heterocycles. The average molecular weight is 280 g/mol. The zero-order chi connectivity index (χ0) is 12.8. The molecule has 4 heteroatoms. The van der Waals surface area contributed by atoms with Gasteiger partial charge < -0.3 is 5.73 Å². The maximum absolute atomic E-state index is 5.77. The van der Waals surface area contributed by atoms with Gasteiger partial charge in [-0.1, -0.05) is 44.4 Å². The molecule has 0 aliphatic heterocycles. The van der Waals surface area contributed by atoms with Crippen molar-refractivity contribution in [3.8, 4) is 0 Å². The molecule has 2 N–H and O–H groups in total. The third kappa shape index (κ3) is 3.89. The van der Waals surface area contributed by atoms with Gasteiger partial charge >= 0.3 is 0 Å². The summed E-state index contributed by atoms with van der Waals surface area (Å²) in [4.78, 5) is 4.61. The van der Waals surface area contributed by atoms with Crippen molar-refractivity contribution in [3.05, 3.63) is 18.2 Å². The number of rotatable bonds is 7. The van der Waals surface area contributed by atoms with Crippen molar-refractivity contribution in [1.82, 2.24) is 4.98 Å². The third-order valence-corrected chi connectivity index (χ3v) is 5.11. The van der Waals surface area contributed by atoms with Crippen LogP contribution in [0.3, 0.4) is 0 Å². The number of thiazole rings is 1. The average Bonchev–Trinajstić information content (AvgIpc) is 2.75. The van der Waals surface area contributed by atoms with E-state index in [1.54, 1.807) is 11.3 Å². The van der Waals surface area contributed by atoms with E-state index in [1.807, 2.05) is 30.0 Å². The van der Waals surface area contributed by atoms with Crippen LogP contribution in [0.25, 0.3) is 10.2 Å². The van der Waals surface area contributed by atoms with Crippen LogP contribution in [0.4, 0.5) is 5.69 Å². The van der Waals surface area contributed by atoms with Gasteiger partial charge in [-0.05, 0) is 24.6 Å². The van der Waals surface area contributed by atoms with Crippen molar-refractivity contribution in [2.24, 2.45) is 0 Å². The minimum absolute atomic E-state index is 0.822. The second-order valence-electron chi connectivity index (χ2n) is 4.47. The fourth-order valence-electron chi connectivity index (χ4n) is 1.85. The SMILES string of the molecule is CCCCCCCSc1nc2ccc(N)cc2s1. The molecule has 0 radical (unpaired) electrons. The zero-order valence-corrected chi connectivity index (χ0v) is 12.4. The summed E-state index contributed by atoms with van der Waals surface area (Å²) < 4.78 is 2.37. The predicted octanol–water partition coefficient (Wildman–Crippen LogP) is 4.94. The molecule has 0 aliphatic carbocycles. The van der Waals surface area contributed by atoms with E-state index in [9.17, 15) is 0 Å². The van der Waals surface area contributed by atoms with Gasteiger partial charge in [0.2, 0.25) is 0 Å². The van der Waals surface area contributed by atoms with Gasteiger partial charge in [-0.3, -0.25) is 0 Å². The van der Waals surface area contributed by atoms with Crippen LogP contribution in [0.2, 0.25) is 0 Å². The minimum Gasteiger partial charge on any atom is -0.399 e. The summed E-state index contributed by atoms with van der Waals surface area (Å²) in [6.07, 6.45) is 6.69. The summed E-state index contributed by atoms with van der Waals surface area (Å²) in [6.45, 7) is 2.25. The van der Waals surface area contributed by atoms with E-state index in [1.165, 1.54) is 46.9 Å². The Morgan fingerprint density at radius 2 is 2.06 bits per heavy atom. The van der Waals surface area contributed by atoms with Gasteiger partial charge in [-0.25, -0.2) is 4.98 Å². The van der Waals surface area contributed by atoms with E-state index < -0.39 is 0 Å². The molecular weight excluding hydrogens is 260 g/mol. The molecule has 0 fully saturated rings. The smallest absolute Gasteiger partial charge is 0.151 e. The van der Waals surface area contributed by atoms with Crippen molar-refractivity contribution in [3.63, 3.8) is 0 Å². The van der Waals surface area contributed by atoms with Gasteiger partial charge in [0, 0.05) is 11.4 Å². The maximum Gasteiger partial charge on any atom is 0.151 e. The molecule has 2 aromatic rings. The Morgan fingerprint density at radius 3 is 2.89 bits per heavy atom. The van der Waals surface area contributed by atoms with Crippen LogP contribution in [-0.2, 0) is 0 Å². The number of aromatic nitrogens is 1. The van der Waals surface area contributed by atoms with Gasteiger partial charge in [0.1, 0.15) is 0 Å². The number of fused-ring (bicyclic) bond motifs is 1. The van der Waals surface area contributed by atoms with Crippen molar-refractivity contribution in [2.75, 3.05) is 11.5 Å². The highest BCUT2D eigenvalue weighted by Gasteiger charge is 2.04. The molecule has 98 valence electrons. The van der Waals surface area contributed by atoms with Crippen LogP contribution < -0.4 is 5.73 Å². The Balaban J connectivity index is 1.81. The lowest BCUT2D eigenvalue weighted by Gasteiger charge is -1.98. The fourth-order valence-corrected chi connectivity index (χ4v) is 4.03. The molecule has 2 nitrogen and oxygen atoms in total. The maximum atomic E-state index is 5.77. The molecule has 1 heterocycles. The van der Waals surface area contributed by atoms with E-state index in [0.29, 0.717) is 0 Å². The normalized spacial score (nSPS) is 11.2. The largest absolute Gasteiger partial charge is 0.399 e. The van der Waals surface area contributed by atoms with Gasteiger partial charge in [-0.15, -0.1) is 11.3 Å². The Bertz CT molecular complexity index is 493. The predicted molar refractivity (Wildman–Crippen MR) is 83.5 cm³/mol. The molecule has 1 aromatic carbocycles. The number of anilines is 1. The number of thioether (sulfide) groups is 1. The van der Waals surface area contributed by atoms with E-state index in [4.69, 9.17) is 5.73 Å². The first-order valence-corrected chi connectivity index (χ1v) is 8.38. The number of hydrogen-bond acceptors (Lipinski definition) is 4. The monoisotopic (exact) mass is 280 g/mol. The van der Waals surface area contributed by atoms with Crippen molar-refractivity contribution >= 4 is 39.0 Å². The Morgan fingerprint density at radius 1 is 1.22 bits per heavy atom. The summed E-state index contributed by atoms with van der Waals surface area (Å²) in [5.41, 5.74) is 7.67. The van der Waals surface area contributed by atoms with Crippen molar-refractivity contribution in [2.45, 2.75) is 43.4 Å². The lowest BCUT2D eigenvalue weighted by atomic mass is 10.2. The molecule has 0 aliphatic rings. The first-order chi connectivity index (χ1) is 8.79. The molecule has 1 aromatic heterocycles. The number of nitrogens with two attached hydrogens (primary N) is 1. The minimum atomic E-state index is 0.822. The van der Waals surface area contributed by atoms with Crippen LogP contribution in [0.5, 0.6) is 0 Å². The number of nitrogen functional groups attached to an aromatic ring is 1.